The van der Waals surface area contributed by atoms with Gasteiger partial charge in [0.1, 0.15) is 36.2 Å². The molecular weight excluding hydrogens is 994 g/mol. The molecule has 2 aliphatic heterocycles. The van der Waals surface area contributed by atoms with E-state index in [2.05, 4.69) is 68.5 Å². The first-order valence-electron chi connectivity index (χ1n) is 18.4. The maximum absolute atomic E-state index is 10.7. The summed E-state index contributed by atoms with van der Waals surface area (Å²) in [4.78, 5) is 48.0. The van der Waals surface area contributed by atoms with Gasteiger partial charge in [0.15, 0.2) is 23.0 Å². The number of thiocarbonyl (C=S) groups is 1. The van der Waals surface area contributed by atoms with E-state index in [0.29, 0.717) is 37.8 Å². The summed E-state index contributed by atoms with van der Waals surface area (Å²) in [6, 6.07) is 16.3. The number of carboxylic acids is 1. The molecule has 19 heteroatoms. The normalized spacial score (nSPS) is 11.0. The van der Waals surface area contributed by atoms with Gasteiger partial charge in [0, 0.05) is 24.8 Å². The molecule has 6 aromatic rings. The van der Waals surface area contributed by atoms with Crippen molar-refractivity contribution in [2.45, 2.75) is 13.8 Å². The van der Waals surface area contributed by atoms with Gasteiger partial charge in [0.2, 0.25) is 0 Å². The van der Waals surface area contributed by atoms with E-state index >= 15 is 0 Å². The number of rotatable bonds is 7. The van der Waals surface area contributed by atoms with E-state index in [-0.39, 0.29) is 31.2 Å². The van der Waals surface area contributed by atoms with Crippen molar-refractivity contribution in [2.75, 3.05) is 26.4 Å². The molecule has 6 aromatic heterocycles. The summed E-state index contributed by atoms with van der Waals surface area (Å²) >= 11 is 10.5. The average molecular weight is 1030 g/mol. The number of nitrogens with zero attached hydrogens (tertiary/aromatic N) is 6. The van der Waals surface area contributed by atoms with Gasteiger partial charge in [-0.1, -0.05) is 47.7 Å². The molecule has 0 unspecified atom stereocenters. The molecule has 14 nitrogen and oxygen atoms in total. The van der Waals surface area contributed by atoms with Gasteiger partial charge in [-0.25, -0.2) is 10.1 Å². The topological polar surface area (TPSA) is 206 Å². The number of pyridine rings is 4. The van der Waals surface area contributed by atoms with Crippen LogP contribution >= 0.6 is 34.9 Å². The Kier molecular flexibility index (Phi) is 22.8. The molecule has 0 amide bonds. The standard InChI is InChI=1S/C32H24N2O4S2.C11H8N2O2.CHNS.CNS.CO2.Ru/c1-3-5-25-29-31(37-17-15-35-29)27(39-25)9-7-21-11-13-33-23(19-21)24-20-22(12-14-34-24)8-10-28-32-30(36-16-18-38-32)26(40-28)6-4-2;14-11(15)8-4-6-13-10(7-8)9-3-1-2-5-12-9;3*2-1-3;/h7-14,19-20H,15-18H2,1-2H3;1-7H,(H,14,15);3H;;;/q;;;-1;;+2/p-1/b9-7+,10-8+;;;;;. The number of carbonyl (C=O) groups excluding carboxylic acids is 2. The van der Waals surface area contributed by atoms with Crippen LogP contribution in [0.2, 0.25) is 0 Å². The molecule has 8 rings (SSSR count). The Morgan fingerprint density at radius 2 is 1.11 bits per heavy atom. The first-order valence-corrected chi connectivity index (χ1v) is 20.8. The van der Waals surface area contributed by atoms with Gasteiger partial charge >= 0.3 is 31.6 Å². The number of carboxylic acid groups (broad SMARTS) is 1. The molecule has 0 saturated carbocycles. The third-order valence-electron chi connectivity index (χ3n) is 7.94. The van der Waals surface area contributed by atoms with Gasteiger partial charge in [-0.15, -0.1) is 34.5 Å². The number of thiophene rings is 2. The Hall–Kier alpha value is -7.22. The fourth-order valence-electron chi connectivity index (χ4n) is 5.50. The van der Waals surface area contributed by atoms with Gasteiger partial charge in [-0.3, -0.25) is 19.9 Å². The number of nitriles is 1. The molecule has 1 N–H and O–H groups in total. The van der Waals surface area contributed by atoms with Crippen LogP contribution in [0.15, 0.2) is 79.4 Å². The van der Waals surface area contributed by atoms with Crippen molar-refractivity contribution >= 4 is 89.1 Å². The zero-order chi connectivity index (χ0) is 46.1. The quantitative estimate of drug-likeness (QED) is 0.0396. The molecule has 0 spiro atoms. The first-order chi connectivity index (χ1) is 31.2. The Bertz CT molecular complexity index is 2720. The monoisotopic (exact) mass is 1030 g/mol. The SMILES string of the molecule is CC#Cc1sc(/C=C/c2ccnc(-c3cc(/C=C/c4sc(C#CC)c5c4OCCO5)ccn3)c2)c2c1OCCO2.N#C[S-].O=C(O)c1ccnc(-c2ccccn2)c1.O=C=O.[N-]=C=S.[Ru+2]. The number of isothiocyanates is 1. The van der Waals surface area contributed by atoms with Crippen molar-refractivity contribution < 1.29 is 57.9 Å². The molecule has 65 heavy (non-hydrogen) atoms. The van der Waals surface area contributed by atoms with Crippen molar-refractivity contribution in [3.8, 4) is 74.9 Å². The van der Waals surface area contributed by atoms with E-state index < -0.39 is 5.97 Å². The molecule has 0 fully saturated rings. The molecule has 0 atom stereocenters. The van der Waals surface area contributed by atoms with Crippen molar-refractivity contribution in [1.29, 1.82) is 5.26 Å². The zero-order valence-corrected chi connectivity index (χ0v) is 39.1. The van der Waals surface area contributed by atoms with Crippen LogP contribution in [0.1, 0.15) is 54.8 Å². The summed E-state index contributed by atoms with van der Waals surface area (Å²) in [5.74, 6) is 14.2. The summed E-state index contributed by atoms with van der Waals surface area (Å²) in [7, 11) is 0. The smallest absolute Gasteiger partial charge is 0.753 e. The largest absolute Gasteiger partial charge is 2.00 e. The minimum Gasteiger partial charge on any atom is -0.753 e. The minimum atomic E-state index is -0.963. The van der Waals surface area contributed by atoms with Crippen LogP contribution < -0.4 is 18.9 Å². The van der Waals surface area contributed by atoms with Gasteiger partial charge in [0.05, 0.1) is 38.1 Å². The number of aromatic carboxylic acids is 1. The number of ether oxygens (including phenoxy) is 4. The summed E-state index contributed by atoms with van der Waals surface area (Å²) in [5.41, 5.74) is 5.02. The van der Waals surface area contributed by atoms with Crippen LogP contribution in [0.25, 0.3) is 52.5 Å². The van der Waals surface area contributed by atoms with Crippen molar-refractivity contribution in [3.05, 3.63) is 121 Å². The molecule has 8 heterocycles. The van der Waals surface area contributed by atoms with Crippen LogP contribution in [0.4, 0.5) is 0 Å². The summed E-state index contributed by atoms with van der Waals surface area (Å²) in [6.45, 7) is 5.77. The molecule has 326 valence electrons. The Labute approximate surface area is 405 Å². The van der Waals surface area contributed by atoms with Gasteiger partial charge in [-0.05, 0) is 85.7 Å². The number of hydrogen-bond donors (Lipinski definition) is 1. The summed E-state index contributed by atoms with van der Waals surface area (Å²) < 4.78 is 23.4. The molecule has 2 aliphatic rings. The van der Waals surface area contributed by atoms with E-state index in [1.807, 2.05) is 68.5 Å². The van der Waals surface area contributed by atoms with E-state index in [4.69, 9.17) is 44.3 Å². The second-order valence-corrected chi connectivity index (χ2v) is 14.4. The van der Waals surface area contributed by atoms with E-state index in [1.165, 1.54) is 28.9 Å². The molecule has 0 saturated heterocycles. The van der Waals surface area contributed by atoms with E-state index in [0.717, 1.165) is 65.0 Å². The average Bonchev–Trinajstić information content (AvgIpc) is 3.86. The van der Waals surface area contributed by atoms with Crippen LogP contribution in [0.3, 0.4) is 0 Å². The third-order valence-corrected chi connectivity index (χ3v) is 10.0. The van der Waals surface area contributed by atoms with Crippen LogP contribution in [0, 0.1) is 34.3 Å². The minimum absolute atomic E-state index is 0. The van der Waals surface area contributed by atoms with Crippen LogP contribution in [-0.2, 0) is 41.7 Å². The van der Waals surface area contributed by atoms with Gasteiger partial charge in [-0.2, -0.15) is 14.8 Å². The Balaban J connectivity index is 0.000000371. The fourth-order valence-corrected chi connectivity index (χ4v) is 7.50. The molecule has 0 aromatic carbocycles. The van der Waals surface area contributed by atoms with Gasteiger partial charge < -0.3 is 42.1 Å². The number of fused-ring (bicyclic) bond motifs is 2. The predicted octanol–water partition coefficient (Wildman–Crippen LogP) is 8.82. The van der Waals surface area contributed by atoms with Gasteiger partial charge in [0.25, 0.3) is 0 Å². The summed E-state index contributed by atoms with van der Waals surface area (Å²) in [6.07, 6.45) is 15.1. The Morgan fingerprint density at radius 1 is 0.708 bits per heavy atom. The second-order valence-electron chi connectivity index (χ2n) is 11.9. The molecule has 0 bridgehead atoms. The Morgan fingerprint density at radius 3 is 1.51 bits per heavy atom. The number of aromatic nitrogens is 4. The number of hydrogen-bond acceptors (Lipinski definition) is 16. The number of thiocyanates is 1. The maximum atomic E-state index is 10.7. The number of carbonyl (C=O) groups is 1. The van der Waals surface area contributed by atoms with Crippen LogP contribution in [-0.4, -0.2) is 68.8 Å². The second kappa shape index (κ2) is 28.5. The first kappa shape index (κ1) is 52.1. The molecule has 0 aliphatic carbocycles. The third kappa shape index (κ3) is 15.5. The van der Waals surface area contributed by atoms with Crippen molar-refractivity contribution in [2.24, 2.45) is 0 Å². The molecule has 0 radical (unpaired) electrons. The van der Waals surface area contributed by atoms with Crippen LogP contribution in [0.5, 0.6) is 23.0 Å². The fraction of sp³-hybridized carbons (Fsp3) is 0.130. The zero-order valence-electron chi connectivity index (χ0n) is 34.1. The predicted molar refractivity (Wildman–Crippen MR) is 249 cm³/mol. The summed E-state index contributed by atoms with van der Waals surface area (Å²) in [5, 5.41) is 25.7. The maximum Gasteiger partial charge on any atom is 2.00 e. The van der Waals surface area contributed by atoms with E-state index in [1.54, 1.807) is 53.4 Å². The van der Waals surface area contributed by atoms with Crippen molar-refractivity contribution in [3.63, 3.8) is 0 Å². The molecular formula is C46H32N6O8RuS4. The van der Waals surface area contributed by atoms with E-state index in [9.17, 15) is 4.79 Å². The van der Waals surface area contributed by atoms with Crippen molar-refractivity contribution in [1.82, 2.24) is 19.9 Å².